The molecule has 4 atom stereocenters. The summed E-state index contributed by atoms with van der Waals surface area (Å²) in [4.78, 5) is 2.51. The lowest BCUT2D eigenvalue weighted by Gasteiger charge is -2.41. The fraction of sp³-hybridized carbons (Fsp3) is 1.00. The van der Waals surface area contributed by atoms with E-state index in [1.165, 1.54) is 12.8 Å². The molecule has 0 spiro atoms. The van der Waals surface area contributed by atoms with Gasteiger partial charge in [-0.25, -0.2) is 0 Å². The Balaban J connectivity index is 1.93. The number of nitrogens with two attached hydrogens (primary N) is 1. The number of aliphatic hydroxyl groups is 1. The molecule has 0 aromatic heterocycles. The van der Waals surface area contributed by atoms with Crippen molar-refractivity contribution in [2.24, 2.45) is 17.6 Å². The van der Waals surface area contributed by atoms with Gasteiger partial charge in [-0.3, -0.25) is 4.90 Å². The fourth-order valence-corrected chi connectivity index (χ4v) is 3.04. The van der Waals surface area contributed by atoms with Crippen molar-refractivity contribution < 1.29 is 5.11 Å². The lowest BCUT2D eigenvalue weighted by molar-refractivity contribution is 0.0241. The van der Waals surface area contributed by atoms with E-state index in [0.717, 1.165) is 31.8 Å². The molecule has 1 saturated heterocycles. The van der Waals surface area contributed by atoms with Crippen LogP contribution in [0.25, 0.3) is 0 Å². The molecule has 0 radical (unpaired) electrons. The van der Waals surface area contributed by atoms with Crippen LogP contribution in [-0.2, 0) is 0 Å². The van der Waals surface area contributed by atoms with Crippen LogP contribution < -0.4 is 5.73 Å². The van der Waals surface area contributed by atoms with Gasteiger partial charge in [0, 0.05) is 25.2 Å². The summed E-state index contributed by atoms with van der Waals surface area (Å²) in [6.07, 6.45) is 4.44. The first-order chi connectivity index (χ1) is 7.61. The quantitative estimate of drug-likeness (QED) is 0.757. The normalized spacial score (nSPS) is 36.0. The Kier molecular flexibility index (Phi) is 3.88. The number of hydrogen-bond acceptors (Lipinski definition) is 3. The van der Waals surface area contributed by atoms with Crippen molar-refractivity contribution in [3.63, 3.8) is 0 Å². The van der Waals surface area contributed by atoms with Crippen molar-refractivity contribution in [2.45, 2.75) is 57.7 Å². The van der Waals surface area contributed by atoms with Gasteiger partial charge < -0.3 is 10.8 Å². The maximum absolute atomic E-state index is 9.97. The zero-order valence-corrected chi connectivity index (χ0v) is 10.6. The highest BCUT2D eigenvalue weighted by atomic mass is 16.3. The number of likely N-dealkylation sites (tertiary alicyclic amines) is 1. The molecule has 3 N–H and O–H groups in total. The zero-order valence-electron chi connectivity index (χ0n) is 10.6. The van der Waals surface area contributed by atoms with Gasteiger partial charge in [-0.1, -0.05) is 6.92 Å². The monoisotopic (exact) mass is 226 g/mol. The van der Waals surface area contributed by atoms with Gasteiger partial charge >= 0.3 is 0 Å². The van der Waals surface area contributed by atoms with Crippen molar-refractivity contribution in [2.75, 3.05) is 13.1 Å². The molecule has 3 heteroatoms. The summed E-state index contributed by atoms with van der Waals surface area (Å²) in [5.41, 5.74) is 6.11. The van der Waals surface area contributed by atoms with Crippen molar-refractivity contribution >= 4 is 0 Å². The molecule has 3 nitrogen and oxygen atoms in total. The second-order valence-electron chi connectivity index (χ2n) is 5.76. The van der Waals surface area contributed by atoms with Crippen molar-refractivity contribution in [1.82, 2.24) is 4.90 Å². The second kappa shape index (κ2) is 5.03. The maximum Gasteiger partial charge on any atom is 0.0578 e. The summed E-state index contributed by atoms with van der Waals surface area (Å²) in [6, 6.07) is 0.916. The molecule has 4 unspecified atom stereocenters. The molecule has 0 aromatic carbocycles. The van der Waals surface area contributed by atoms with Gasteiger partial charge in [0.25, 0.3) is 0 Å². The van der Waals surface area contributed by atoms with E-state index in [0.29, 0.717) is 12.0 Å². The molecule has 0 bridgehead atoms. The van der Waals surface area contributed by atoms with Gasteiger partial charge in [-0.15, -0.1) is 0 Å². The number of aliphatic hydroxyl groups excluding tert-OH is 1. The van der Waals surface area contributed by atoms with Crippen LogP contribution in [0.4, 0.5) is 0 Å². The summed E-state index contributed by atoms with van der Waals surface area (Å²) >= 11 is 0. The van der Waals surface area contributed by atoms with Crippen LogP contribution in [0, 0.1) is 11.8 Å². The molecule has 0 aromatic rings. The molecule has 1 saturated carbocycles. The number of piperidine rings is 1. The lowest BCUT2D eigenvalue weighted by atomic mass is 9.88. The van der Waals surface area contributed by atoms with Gasteiger partial charge in [0.1, 0.15) is 0 Å². The predicted octanol–water partition coefficient (Wildman–Crippen LogP) is 1.20. The molecule has 94 valence electrons. The van der Waals surface area contributed by atoms with E-state index in [1.54, 1.807) is 0 Å². The van der Waals surface area contributed by atoms with E-state index in [2.05, 4.69) is 18.7 Å². The summed E-state index contributed by atoms with van der Waals surface area (Å²) in [6.45, 7) is 6.44. The average molecular weight is 226 g/mol. The third-order valence-electron chi connectivity index (χ3n) is 4.39. The third-order valence-corrected chi connectivity index (χ3v) is 4.39. The highest BCUT2D eigenvalue weighted by Gasteiger charge is 2.37. The molecule has 2 aliphatic rings. The summed E-state index contributed by atoms with van der Waals surface area (Å²) in [7, 11) is 0. The smallest absolute Gasteiger partial charge is 0.0578 e. The van der Waals surface area contributed by atoms with Crippen LogP contribution in [0.3, 0.4) is 0 Å². The minimum Gasteiger partial charge on any atom is -0.393 e. The van der Waals surface area contributed by atoms with Gasteiger partial charge in [-0.05, 0) is 44.4 Å². The van der Waals surface area contributed by atoms with E-state index < -0.39 is 0 Å². The van der Waals surface area contributed by atoms with Crippen molar-refractivity contribution in [3.05, 3.63) is 0 Å². The van der Waals surface area contributed by atoms with Crippen LogP contribution in [0.15, 0.2) is 0 Å². The van der Waals surface area contributed by atoms with Gasteiger partial charge in [0.15, 0.2) is 0 Å². The minimum absolute atomic E-state index is 0.166. The lowest BCUT2D eigenvalue weighted by Crippen LogP contribution is -2.53. The van der Waals surface area contributed by atoms with Crippen LogP contribution in [-0.4, -0.2) is 41.3 Å². The van der Waals surface area contributed by atoms with Gasteiger partial charge in [0.05, 0.1) is 6.10 Å². The Morgan fingerprint density at radius 3 is 2.56 bits per heavy atom. The van der Waals surface area contributed by atoms with E-state index in [-0.39, 0.29) is 12.1 Å². The van der Waals surface area contributed by atoms with Crippen LogP contribution in [0.2, 0.25) is 0 Å². The Bertz CT molecular complexity index is 230. The van der Waals surface area contributed by atoms with E-state index >= 15 is 0 Å². The molecule has 2 rings (SSSR count). The first-order valence-electron chi connectivity index (χ1n) is 6.79. The second-order valence-corrected chi connectivity index (χ2v) is 5.76. The molecule has 1 heterocycles. The fourth-order valence-electron chi connectivity index (χ4n) is 3.04. The van der Waals surface area contributed by atoms with Crippen molar-refractivity contribution in [1.29, 1.82) is 0 Å². The first kappa shape index (κ1) is 12.3. The molecule has 2 fully saturated rings. The maximum atomic E-state index is 9.97. The largest absolute Gasteiger partial charge is 0.393 e. The Labute approximate surface area is 99.0 Å². The Hall–Kier alpha value is -0.120. The average Bonchev–Trinajstić information content (AvgIpc) is 3.10. The molecule has 0 amide bonds. The van der Waals surface area contributed by atoms with Crippen LogP contribution in [0.5, 0.6) is 0 Å². The van der Waals surface area contributed by atoms with E-state index in [1.807, 2.05) is 0 Å². The standard InChI is InChI=1S/C13H26N2O/c1-3-13(16)11-6-12(14)8-15(7-11)9(2)10-4-5-10/h9-13,16H,3-8,14H2,1-2H3. The highest BCUT2D eigenvalue weighted by Crippen LogP contribution is 2.36. The summed E-state index contributed by atoms with van der Waals surface area (Å²) < 4.78 is 0. The summed E-state index contributed by atoms with van der Waals surface area (Å²) in [5, 5.41) is 9.97. The molecule has 1 aliphatic carbocycles. The minimum atomic E-state index is -0.166. The predicted molar refractivity (Wildman–Crippen MR) is 66.1 cm³/mol. The zero-order chi connectivity index (χ0) is 11.7. The van der Waals surface area contributed by atoms with Crippen molar-refractivity contribution in [3.8, 4) is 0 Å². The Morgan fingerprint density at radius 1 is 1.31 bits per heavy atom. The number of nitrogens with zero attached hydrogens (tertiary/aromatic N) is 1. The van der Waals surface area contributed by atoms with E-state index in [4.69, 9.17) is 5.73 Å². The third kappa shape index (κ3) is 2.76. The molecule has 16 heavy (non-hydrogen) atoms. The number of hydrogen-bond donors (Lipinski definition) is 2. The topological polar surface area (TPSA) is 49.5 Å². The van der Waals surface area contributed by atoms with Crippen LogP contribution >= 0.6 is 0 Å². The Morgan fingerprint density at radius 2 is 2.00 bits per heavy atom. The SMILES string of the molecule is CCC(O)C1CC(N)CN(C(C)C2CC2)C1. The van der Waals surface area contributed by atoms with Crippen LogP contribution in [0.1, 0.15) is 39.5 Å². The highest BCUT2D eigenvalue weighted by molar-refractivity contribution is 4.92. The summed E-state index contributed by atoms with van der Waals surface area (Å²) in [5.74, 6) is 1.28. The molecule has 1 aliphatic heterocycles. The van der Waals surface area contributed by atoms with Gasteiger partial charge in [0.2, 0.25) is 0 Å². The molecular weight excluding hydrogens is 200 g/mol. The van der Waals surface area contributed by atoms with Gasteiger partial charge in [-0.2, -0.15) is 0 Å². The van der Waals surface area contributed by atoms with E-state index in [9.17, 15) is 5.11 Å². The first-order valence-corrected chi connectivity index (χ1v) is 6.79. The number of rotatable bonds is 4. The molecular formula is C13H26N2O.